The molecule has 1 rings (SSSR count). The first-order chi connectivity index (χ1) is 4.79. The Morgan fingerprint density at radius 2 is 2.50 bits per heavy atom. The van der Waals surface area contributed by atoms with E-state index in [1.807, 2.05) is 0 Å². The lowest BCUT2D eigenvalue weighted by molar-refractivity contribution is 0.163. The number of rotatable bonds is 3. The van der Waals surface area contributed by atoms with Gasteiger partial charge in [-0.2, -0.15) is 5.10 Å². The molecule has 0 saturated carbocycles. The largest absolute Gasteiger partial charge is 0.377 e. The normalized spacial score (nSPS) is 10.3. The number of nitrogens with zero attached hydrogens (tertiary/aromatic N) is 1. The van der Waals surface area contributed by atoms with Crippen molar-refractivity contribution in [3.8, 4) is 0 Å². The monoisotopic (exact) mass is 147 g/mol. The molecule has 0 bridgehead atoms. The molecule has 0 fully saturated rings. The summed E-state index contributed by atoms with van der Waals surface area (Å²) in [6.07, 6.45) is 0.639. The van der Waals surface area contributed by atoms with E-state index in [4.69, 9.17) is 0 Å². The van der Waals surface area contributed by atoms with E-state index in [1.165, 1.54) is 12.4 Å². The summed E-state index contributed by atoms with van der Waals surface area (Å²) in [6, 6.07) is 0. The zero-order valence-corrected chi connectivity index (χ0v) is 5.14. The highest BCUT2D eigenvalue weighted by Crippen LogP contribution is 2.01. The van der Waals surface area contributed by atoms with Crippen LogP contribution in [0.5, 0.6) is 0 Å². The molecule has 2 N–H and O–H groups in total. The number of halogens is 2. The molecule has 0 saturated heterocycles. The first kappa shape index (κ1) is 6.98. The summed E-state index contributed by atoms with van der Waals surface area (Å²) >= 11 is 0. The molecule has 0 atom stereocenters. The van der Waals surface area contributed by atoms with Gasteiger partial charge in [0.2, 0.25) is 0 Å². The van der Waals surface area contributed by atoms with E-state index in [0.717, 1.165) is 0 Å². The maximum absolute atomic E-state index is 11.5. The van der Waals surface area contributed by atoms with Gasteiger partial charge in [0.05, 0.1) is 18.4 Å². The molecule has 0 aliphatic heterocycles. The summed E-state index contributed by atoms with van der Waals surface area (Å²) < 4.78 is 23.1. The summed E-state index contributed by atoms with van der Waals surface area (Å²) in [5.41, 5.74) is 0.584. The Hall–Kier alpha value is -1.13. The van der Waals surface area contributed by atoms with E-state index in [1.54, 1.807) is 0 Å². The second-order valence-electron chi connectivity index (χ2n) is 1.76. The zero-order chi connectivity index (χ0) is 7.40. The van der Waals surface area contributed by atoms with Gasteiger partial charge in [-0.25, -0.2) is 8.78 Å². The van der Waals surface area contributed by atoms with Gasteiger partial charge in [0.15, 0.2) is 0 Å². The Morgan fingerprint density at radius 1 is 1.70 bits per heavy atom. The average molecular weight is 147 g/mol. The maximum atomic E-state index is 11.5. The van der Waals surface area contributed by atoms with Crippen LogP contribution in [-0.4, -0.2) is 23.2 Å². The number of alkyl halides is 2. The number of hydrogen-bond donors (Lipinski definition) is 2. The van der Waals surface area contributed by atoms with Crippen molar-refractivity contribution in [1.82, 2.24) is 10.2 Å². The van der Waals surface area contributed by atoms with Crippen molar-refractivity contribution >= 4 is 5.69 Å². The molecule has 0 radical (unpaired) electrons. The molecule has 1 aromatic rings. The third kappa shape index (κ3) is 2.00. The number of aromatic amines is 1. The van der Waals surface area contributed by atoms with E-state index in [2.05, 4.69) is 15.5 Å². The van der Waals surface area contributed by atoms with Gasteiger partial charge in [0.25, 0.3) is 6.43 Å². The lowest BCUT2D eigenvalue weighted by Gasteiger charge is -1.99. The zero-order valence-electron chi connectivity index (χ0n) is 5.14. The van der Waals surface area contributed by atoms with E-state index in [-0.39, 0.29) is 6.54 Å². The molecule has 5 heteroatoms. The minimum atomic E-state index is -2.32. The van der Waals surface area contributed by atoms with Crippen LogP contribution in [0.15, 0.2) is 12.4 Å². The molecule has 0 amide bonds. The molecule has 0 aliphatic carbocycles. The van der Waals surface area contributed by atoms with Gasteiger partial charge in [0, 0.05) is 6.20 Å². The molecule has 1 aromatic heterocycles. The van der Waals surface area contributed by atoms with Crippen LogP contribution in [0.2, 0.25) is 0 Å². The summed E-state index contributed by atoms with van der Waals surface area (Å²) in [5, 5.41) is 8.54. The summed E-state index contributed by atoms with van der Waals surface area (Å²) in [7, 11) is 0. The molecule has 0 aromatic carbocycles. The van der Waals surface area contributed by atoms with Crippen LogP contribution in [0, 0.1) is 0 Å². The van der Waals surface area contributed by atoms with Crippen molar-refractivity contribution < 1.29 is 8.78 Å². The predicted molar refractivity (Wildman–Crippen MR) is 33.1 cm³/mol. The van der Waals surface area contributed by atoms with Crippen molar-refractivity contribution in [1.29, 1.82) is 0 Å². The smallest absolute Gasteiger partial charge is 0.255 e. The molecule has 10 heavy (non-hydrogen) atoms. The Kier molecular flexibility index (Phi) is 2.20. The minimum Gasteiger partial charge on any atom is -0.377 e. The van der Waals surface area contributed by atoms with E-state index in [9.17, 15) is 8.78 Å². The fourth-order valence-corrected chi connectivity index (χ4v) is 0.543. The Morgan fingerprint density at radius 3 is 3.00 bits per heavy atom. The standard InChI is InChI=1S/C5H7F2N3/c6-5(7)3-8-4-1-9-10-2-4/h1-2,5,8H,3H2,(H,9,10). The molecular formula is C5H7F2N3. The van der Waals surface area contributed by atoms with E-state index >= 15 is 0 Å². The van der Waals surface area contributed by atoms with Gasteiger partial charge in [-0.05, 0) is 0 Å². The first-order valence-corrected chi connectivity index (χ1v) is 2.80. The van der Waals surface area contributed by atoms with Crippen molar-refractivity contribution in [3.05, 3.63) is 12.4 Å². The van der Waals surface area contributed by atoms with Gasteiger partial charge in [-0.1, -0.05) is 0 Å². The van der Waals surface area contributed by atoms with Crippen LogP contribution in [0.4, 0.5) is 14.5 Å². The summed E-state index contributed by atoms with van der Waals surface area (Å²) in [4.78, 5) is 0. The molecule has 0 spiro atoms. The SMILES string of the molecule is FC(F)CNc1cn[nH]c1. The third-order valence-corrected chi connectivity index (χ3v) is 0.959. The lowest BCUT2D eigenvalue weighted by atomic mass is 10.5. The molecule has 0 unspecified atom stereocenters. The van der Waals surface area contributed by atoms with Crippen molar-refractivity contribution in [2.45, 2.75) is 6.43 Å². The predicted octanol–water partition coefficient (Wildman–Crippen LogP) is 1.09. The van der Waals surface area contributed by atoms with Crippen LogP contribution < -0.4 is 5.32 Å². The Bertz CT molecular complexity index is 173. The van der Waals surface area contributed by atoms with Gasteiger partial charge < -0.3 is 5.32 Å². The highest BCUT2D eigenvalue weighted by molar-refractivity contribution is 5.37. The number of nitrogens with one attached hydrogen (secondary N) is 2. The quantitative estimate of drug-likeness (QED) is 0.671. The van der Waals surface area contributed by atoms with Crippen molar-refractivity contribution in [2.24, 2.45) is 0 Å². The van der Waals surface area contributed by atoms with E-state index < -0.39 is 6.43 Å². The third-order valence-electron chi connectivity index (χ3n) is 0.959. The van der Waals surface area contributed by atoms with Crippen molar-refractivity contribution in [3.63, 3.8) is 0 Å². The first-order valence-electron chi connectivity index (χ1n) is 2.80. The van der Waals surface area contributed by atoms with Crippen LogP contribution in [0.1, 0.15) is 0 Å². The number of anilines is 1. The molecule has 3 nitrogen and oxygen atoms in total. The van der Waals surface area contributed by atoms with Crippen LogP contribution in [0.3, 0.4) is 0 Å². The summed E-state index contributed by atoms with van der Waals surface area (Å²) in [6.45, 7) is -0.334. The molecule has 56 valence electrons. The highest BCUT2D eigenvalue weighted by Gasteiger charge is 2.00. The minimum absolute atomic E-state index is 0.334. The highest BCUT2D eigenvalue weighted by atomic mass is 19.3. The number of H-pyrrole nitrogens is 1. The maximum Gasteiger partial charge on any atom is 0.255 e. The number of aromatic nitrogens is 2. The average Bonchev–Trinajstić information content (AvgIpc) is 2.34. The van der Waals surface area contributed by atoms with Crippen LogP contribution in [0.25, 0.3) is 0 Å². The lowest BCUT2D eigenvalue weighted by Crippen LogP contribution is -2.09. The van der Waals surface area contributed by atoms with E-state index in [0.29, 0.717) is 5.69 Å². The van der Waals surface area contributed by atoms with Crippen LogP contribution >= 0.6 is 0 Å². The summed E-state index contributed by atoms with van der Waals surface area (Å²) in [5.74, 6) is 0. The van der Waals surface area contributed by atoms with Crippen molar-refractivity contribution in [2.75, 3.05) is 11.9 Å². The Balaban J connectivity index is 2.28. The molecule has 0 aliphatic rings. The van der Waals surface area contributed by atoms with Gasteiger partial charge in [-0.15, -0.1) is 0 Å². The fraction of sp³-hybridized carbons (Fsp3) is 0.400. The molecular weight excluding hydrogens is 140 g/mol. The molecule has 1 heterocycles. The second-order valence-corrected chi connectivity index (χ2v) is 1.76. The van der Waals surface area contributed by atoms with Gasteiger partial charge in [-0.3, -0.25) is 5.10 Å². The Labute approximate surface area is 56.4 Å². The topological polar surface area (TPSA) is 40.7 Å². The fourth-order valence-electron chi connectivity index (χ4n) is 0.543. The van der Waals surface area contributed by atoms with Gasteiger partial charge in [0.1, 0.15) is 0 Å². The van der Waals surface area contributed by atoms with Crippen LogP contribution in [-0.2, 0) is 0 Å². The number of hydrogen-bond acceptors (Lipinski definition) is 2. The van der Waals surface area contributed by atoms with Gasteiger partial charge >= 0.3 is 0 Å². The second kappa shape index (κ2) is 3.14.